The van der Waals surface area contributed by atoms with Crippen molar-refractivity contribution in [3.63, 3.8) is 0 Å². The highest BCUT2D eigenvalue weighted by molar-refractivity contribution is 9.10. The number of rotatable bonds is 1. The number of halogens is 4. The molecule has 2 aromatic carbocycles. The molecule has 0 aliphatic rings. The lowest BCUT2D eigenvalue weighted by Gasteiger charge is -2.16. The molecule has 0 fully saturated rings. The van der Waals surface area contributed by atoms with E-state index in [2.05, 4.69) is 20.9 Å². The third-order valence-corrected chi connectivity index (χ3v) is 4.01. The second-order valence-electron chi connectivity index (χ2n) is 4.99. The maximum Gasteiger partial charge on any atom is 0.417 e. The Morgan fingerprint density at radius 1 is 0.957 bits per heavy atom. The van der Waals surface area contributed by atoms with Crippen LogP contribution in [0.2, 0.25) is 0 Å². The molecule has 1 aromatic heterocycles. The number of alkyl halides is 3. The molecule has 0 saturated heterocycles. The molecule has 0 spiro atoms. The van der Waals surface area contributed by atoms with E-state index in [-0.39, 0.29) is 22.6 Å². The maximum absolute atomic E-state index is 13.2. The molecule has 3 rings (SSSR count). The summed E-state index contributed by atoms with van der Waals surface area (Å²) < 4.78 is 40.5. The molecule has 3 nitrogen and oxygen atoms in total. The lowest BCUT2D eigenvalue weighted by molar-refractivity contribution is -0.137. The van der Waals surface area contributed by atoms with Crippen LogP contribution in [-0.2, 0) is 6.18 Å². The first-order chi connectivity index (χ1) is 10.8. The Balaban J connectivity index is 2.34. The van der Waals surface area contributed by atoms with Gasteiger partial charge in [-0.05, 0) is 24.3 Å². The Labute approximate surface area is 138 Å². The number of hydrogen-bond donors (Lipinski definition) is 2. The zero-order valence-electron chi connectivity index (χ0n) is 11.7. The van der Waals surface area contributed by atoms with Crippen molar-refractivity contribution in [1.82, 2.24) is 4.98 Å². The van der Waals surface area contributed by atoms with Crippen LogP contribution in [0.5, 0.6) is 0 Å². The molecule has 0 radical (unpaired) electrons. The topological polar surface area (TPSA) is 64.9 Å². The molecule has 3 aromatic rings. The van der Waals surface area contributed by atoms with Gasteiger partial charge in [-0.2, -0.15) is 13.2 Å². The first-order valence-corrected chi connectivity index (χ1v) is 7.39. The maximum atomic E-state index is 13.2. The Hall–Kier alpha value is -2.28. The number of hydrogen-bond acceptors (Lipinski definition) is 3. The van der Waals surface area contributed by atoms with Crippen molar-refractivity contribution in [2.45, 2.75) is 6.18 Å². The lowest BCUT2D eigenvalue weighted by atomic mass is 10.0. The fraction of sp³-hybridized carbons (Fsp3) is 0.0625. The number of benzene rings is 2. The summed E-state index contributed by atoms with van der Waals surface area (Å²) in [5.41, 5.74) is 11.9. The number of nitrogens with two attached hydrogens (primary N) is 2. The van der Waals surface area contributed by atoms with Gasteiger partial charge in [-0.25, -0.2) is 4.98 Å². The number of aromatic nitrogens is 1. The highest BCUT2D eigenvalue weighted by Crippen LogP contribution is 2.41. The van der Waals surface area contributed by atoms with E-state index in [1.165, 1.54) is 18.2 Å². The van der Waals surface area contributed by atoms with E-state index in [9.17, 15) is 13.2 Å². The van der Waals surface area contributed by atoms with Gasteiger partial charge in [0.2, 0.25) is 0 Å². The standard InChI is InChI=1S/C16H11BrF3N3/c17-8-5-6-12-10(7-8)13(21)14(22)15(23-12)9-3-1-2-4-11(9)16(18,19)20/h1-7H,22H2,(H2,21,23). The van der Waals surface area contributed by atoms with Gasteiger partial charge in [0.15, 0.2) is 0 Å². The van der Waals surface area contributed by atoms with Gasteiger partial charge >= 0.3 is 6.18 Å². The molecule has 0 bridgehead atoms. The van der Waals surface area contributed by atoms with Crippen molar-refractivity contribution >= 4 is 38.2 Å². The molecular weight excluding hydrogens is 371 g/mol. The molecule has 0 amide bonds. The first kappa shape index (κ1) is 15.6. The molecule has 0 atom stereocenters. The summed E-state index contributed by atoms with van der Waals surface area (Å²) in [6, 6.07) is 10.3. The summed E-state index contributed by atoms with van der Waals surface area (Å²) in [5, 5.41) is 0.588. The number of nitrogen functional groups attached to an aromatic ring is 2. The minimum atomic E-state index is -4.51. The third-order valence-electron chi connectivity index (χ3n) is 3.51. The Morgan fingerprint density at radius 2 is 1.65 bits per heavy atom. The summed E-state index contributed by atoms with van der Waals surface area (Å²) in [6.45, 7) is 0. The van der Waals surface area contributed by atoms with Crippen LogP contribution < -0.4 is 11.5 Å². The summed E-state index contributed by atoms with van der Waals surface area (Å²) in [4.78, 5) is 4.30. The molecular formula is C16H11BrF3N3. The van der Waals surface area contributed by atoms with Crippen LogP contribution in [0.25, 0.3) is 22.2 Å². The van der Waals surface area contributed by atoms with Crippen molar-refractivity contribution in [3.05, 3.63) is 52.5 Å². The zero-order chi connectivity index (χ0) is 16.8. The van der Waals surface area contributed by atoms with Crippen LogP contribution in [0.4, 0.5) is 24.5 Å². The summed E-state index contributed by atoms with van der Waals surface area (Å²) in [6.07, 6.45) is -4.51. The van der Waals surface area contributed by atoms with E-state index in [1.807, 2.05) is 0 Å². The van der Waals surface area contributed by atoms with Crippen LogP contribution in [-0.4, -0.2) is 4.98 Å². The van der Waals surface area contributed by atoms with E-state index in [1.54, 1.807) is 18.2 Å². The third kappa shape index (κ3) is 2.72. The largest absolute Gasteiger partial charge is 0.417 e. The average molecular weight is 382 g/mol. The molecule has 0 saturated carbocycles. The molecule has 23 heavy (non-hydrogen) atoms. The minimum absolute atomic E-state index is 0.0326. The van der Waals surface area contributed by atoms with Crippen LogP contribution in [0.3, 0.4) is 0 Å². The molecule has 0 aliphatic carbocycles. The molecule has 0 aliphatic heterocycles. The lowest BCUT2D eigenvalue weighted by Crippen LogP contribution is -2.09. The molecule has 1 heterocycles. The van der Waals surface area contributed by atoms with Crippen molar-refractivity contribution in [2.75, 3.05) is 11.5 Å². The van der Waals surface area contributed by atoms with E-state index in [4.69, 9.17) is 11.5 Å². The predicted octanol–water partition coefficient (Wildman–Crippen LogP) is 4.85. The van der Waals surface area contributed by atoms with Gasteiger partial charge in [-0.1, -0.05) is 34.1 Å². The summed E-state index contributed by atoms with van der Waals surface area (Å²) >= 11 is 3.32. The van der Waals surface area contributed by atoms with Gasteiger partial charge in [-0.3, -0.25) is 0 Å². The van der Waals surface area contributed by atoms with Crippen molar-refractivity contribution in [1.29, 1.82) is 0 Å². The monoisotopic (exact) mass is 381 g/mol. The minimum Gasteiger partial charge on any atom is -0.396 e. The van der Waals surface area contributed by atoms with E-state index >= 15 is 0 Å². The quantitative estimate of drug-likeness (QED) is 0.633. The predicted molar refractivity (Wildman–Crippen MR) is 88.7 cm³/mol. The van der Waals surface area contributed by atoms with Crippen molar-refractivity contribution in [3.8, 4) is 11.3 Å². The van der Waals surface area contributed by atoms with Crippen LogP contribution in [0.1, 0.15) is 5.56 Å². The zero-order valence-corrected chi connectivity index (χ0v) is 13.2. The smallest absolute Gasteiger partial charge is 0.396 e. The fourth-order valence-corrected chi connectivity index (χ4v) is 2.78. The van der Waals surface area contributed by atoms with Crippen LogP contribution in [0, 0.1) is 0 Å². The normalized spacial score (nSPS) is 11.8. The Morgan fingerprint density at radius 3 is 2.35 bits per heavy atom. The van der Waals surface area contributed by atoms with Crippen molar-refractivity contribution < 1.29 is 13.2 Å². The second-order valence-corrected chi connectivity index (χ2v) is 5.91. The van der Waals surface area contributed by atoms with Gasteiger partial charge in [0, 0.05) is 15.4 Å². The summed E-state index contributed by atoms with van der Waals surface area (Å²) in [5.74, 6) is 0. The number of nitrogens with zero attached hydrogens (tertiary/aromatic N) is 1. The average Bonchev–Trinajstić information content (AvgIpc) is 2.50. The fourth-order valence-electron chi connectivity index (χ4n) is 2.42. The number of pyridine rings is 1. The van der Waals surface area contributed by atoms with Crippen LogP contribution in [0.15, 0.2) is 46.9 Å². The SMILES string of the molecule is Nc1c(-c2ccccc2C(F)(F)F)nc2ccc(Br)cc2c1N. The second kappa shape index (κ2) is 5.42. The Bertz CT molecular complexity index is 907. The van der Waals surface area contributed by atoms with Crippen LogP contribution >= 0.6 is 15.9 Å². The van der Waals surface area contributed by atoms with Gasteiger partial charge in [0.25, 0.3) is 0 Å². The van der Waals surface area contributed by atoms with Gasteiger partial charge in [0.05, 0.1) is 28.1 Å². The molecule has 0 unspecified atom stereocenters. The van der Waals surface area contributed by atoms with Gasteiger partial charge < -0.3 is 11.5 Å². The van der Waals surface area contributed by atoms with E-state index in [0.29, 0.717) is 10.9 Å². The number of anilines is 2. The van der Waals surface area contributed by atoms with Gasteiger partial charge in [-0.15, -0.1) is 0 Å². The highest BCUT2D eigenvalue weighted by Gasteiger charge is 2.34. The van der Waals surface area contributed by atoms with Gasteiger partial charge in [0.1, 0.15) is 0 Å². The number of fused-ring (bicyclic) bond motifs is 1. The van der Waals surface area contributed by atoms with E-state index in [0.717, 1.165) is 10.5 Å². The molecule has 4 N–H and O–H groups in total. The first-order valence-electron chi connectivity index (χ1n) is 6.60. The molecule has 118 valence electrons. The molecule has 7 heteroatoms. The van der Waals surface area contributed by atoms with Crippen molar-refractivity contribution in [2.24, 2.45) is 0 Å². The van der Waals surface area contributed by atoms with E-state index < -0.39 is 11.7 Å². The summed E-state index contributed by atoms with van der Waals surface area (Å²) in [7, 11) is 0. The Kier molecular flexibility index (Phi) is 3.68. The highest BCUT2D eigenvalue weighted by atomic mass is 79.9.